The Hall–Kier alpha value is -0.220. The minimum Gasteiger partial charge on any atom is -0.481 e. The van der Waals surface area contributed by atoms with Crippen LogP contribution in [0, 0.1) is 11.8 Å². The lowest BCUT2D eigenvalue weighted by Gasteiger charge is -2.06. The number of ether oxygens (including phenoxy) is 1. The molecule has 3 nitrogen and oxygen atoms in total. The van der Waals surface area contributed by atoms with Crippen LogP contribution < -0.4 is 0 Å². The van der Waals surface area contributed by atoms with Crippen LogP contribution in [0.15, 0.2) is 0 Å². The lowest BCUT2D eigenvalue weighted by molar-refractivity contribution is -0.133. The third-order valence-electron chi connectivity index (χ3n) is 3.28. The number of carbonyl (C=O) groups is 1. The molecule has 0 aromatic heterocycles. The van der Waals surface area contributed by atoms with Crippen LogP contribution >= 0.6 is 12.6 Å². The zero-order chi connectivity index (χ0) is 17.2. The Kier molecular flexibility index (Phi) is 20.6. The smallest absolute Gasteiger partial charge is 0.313 e. The fourth-order valence-electron chi connectivity index (χ4n) is 1.97. The van der Waals surface area contributed by atoms with E-state index >= 15 is 0 Å². The van der Waals surface area contributed by atoms with Gasteiger partial charge in [0, 0.05) is 13.2 Å². The first kappa shape index (κ1) is 24.0. The molecule has 0 unspecified atom stereocenters. The fraction of sp³-hybridized carbons (Fsp3) is 0.944. The molecule has 0 rings (SSSR count). The van der Waals surface area contributed by atoms with Crippen LogP contribution in [0.25, 0.3) is 0 Å². The molecule has 0 amide bonds. The van der Waals surface area contributed by atoms with E-state index in [1.807, 2.05) is 0 Å². The average Bonchev–Trinajstić information content (AvgIpc) is 2.44. The first-order valence-electron chi connectivity index (χ1n) is 8.80. The molecule has 0 spiro atoms. The fourth-order valence-corrected chi connectivity index (χ4v) is 1.97. The maximum absolute atomic E-state index is 9.29. The molecule has 0 aromatic carbocycles. The molecular weight excluding hydrogens is 296 g/mol. The number of hydrogen-bond donors (Lipinski definition) is 2. The zero-order valence-corrected chi connectivity index (χ0v) is 16.0. The van der Waals surface area contributed by atoms with Gasteiger partial charge < -0.3 is 9.84 Å². The van der Waals surface area contributed by atoms with E-state index in [9.17, 15) is 4.79 Å². The van der Waals surface area contributed by atoms with Gasteiger partial charge in [0.25, 0.3) is 0 Å². The molecule has 0 fully saturated rings. The van der Waals surface area contributed by atoms with Gasteiger partial charge in [-0.05, 0) is 24.7 Å². The minimum absolute atomic E-state index is 0.0833. The molecule has 1 N–H and O–H groups in total. The summed E-state index contributed by atoms with van der Waals surface area (Å²) in [7, 11) is 0. The molecule has 0 radical (unpaired) electrons. The van der Waals surface area contributed by atoms with Crippen LogP contribution in [0.5, 0.6) is 0 Å². The van der Waals surface area contributed by atoms with Crippen molar-refractivity contribution in [2.45, 2.75) is 79.1 Å². The molecule has 0 bridgehead atoms. The van der Waals surface area contributed by atoms with Crippen molar-refractivity contribution in [1.82, 2.24) is 0 Å². The molecule has 0 atom stereocenters. The molecule has 0 aliphatic heterocycles. The third-order valence-corrected chi connectivity index (χ3v) is 3.55. The molecule has 0 heterocycles. The van der Waals surface area contributed by atoms with E-state index in [2.05, 4.69) is 40.3 Å². The Balaban J connectivity index is 0. The standard InChI is InChI=1S/C16H34O.C2H4O2S/c1-15(2)11-7-5-9-13-17-14-10-6-8-12-16(3)4;3-2(4)1-5/h15-16H,5-14H2,1-4H3;5H,1H2,(H,3,4). The average molecular weight is 335 g/mol. The Morgan fingerprint density at radius 2 is 1.23 bits per heavy atom. The quantitative estimate of drug-likeness (QED) is 0.348. The highest BCUT2D eigenvalue weighted by Gasteiger charge is 1.96. The van der Waals surface area contributed by atoms with Crippen molar-refractivity contribution < 1.29 is 14.6 Å². The van der Waals surface area contributed by atoms with Crippen molar-refractivity contribution in [1.29, 1.82) is 0 Å². The normalized spacial score (nSPS) is 10.7. The van der Waals surface area contributed by atoms with Crippen LogP contribution in [0.2, 0.25) is 0 Å². The van der Waals surface area contributed by atoms with Gasteiger partial charge in [0.15, 0.2) is 0 Å². The summed E-state index contributed by atoms with van der Waals surface area (Å²) in [4.78, 5) is 9.29. The molecular formula is C18H38O3S. The van der Waals surface area contributed by atoms with E-state index in [4.69, 9.17) is 9.84 Å². The van der Waals surface area contributed by atoms with E-state index in [0.717, 1.165) is 25.0 Å². The second kappa shape index (κ2) is 18.8. The van der Waals surface area contributed by atoms with Crippen molar-refractivity contribution >= 4 is 18.6 Å². The first-order valence-corrected chi connectivity index (χ1v) is 9.43. The monoisotopic (exact) mass is 334 g/mol. The Morgan fingerprint density at radius 1 is 0.864 bits per heavy atom. The van der Waals surface area contributed by atoms with Crippen LogP contribution in [-0.4, -0.2) is 30.0 Å². The van der Waals surface area contributed by atoms with Crippen molar-refractivity contribution in [2.24, 2.45) is 11.8 Å². The zero-order valence-electron chi connectivity index (χ0n) is 15.1. The number of thiol groups is 1. The van der Waals surface area contributed by atoms with Gasteiger partial charge in [-0.2, -0.15) is 12.6 Å². The van der Waals surface area contributed by atoms with Gasteiger partial charge in [0.1, 0.15) is 0 Å². The van der Waals surface area contributed by atoms with E-state index in [1.165, 1.54) is 51.4 Å². The minimum atomic E-state index is -0.881. The van der Waals surface area contributed by atoms with Crippen LogP contribution in [0.4, 0.5) is 0 Å². The van der Waals surface area contributed by atoms with Crippen molar-refractivity contribution in [3.8, 4) is 0 Å². The van der Waals surface area contributed by atoms with E-state index in [-0.39, 0.29) is 5.75 Å². The topological polar surface area (TPSA) is 46.5 Å². The Morgan fingerprint density at radius 3 is 1.50 bits per heavy atom. The largest absolute Gasteiger partial charge is 0.481 e. The summed E-state index contributed by atoms with van der Waals surface area (Å²) >= 11 is 3.42. The molecule has 134 valence electrons. The van der Waals surface area contributed by atoms with Gasteiger partial charge in [-0.25, -0.2) is 0 Å². The summed E-state index contributed by atoms with van der Waals surface area (Å²) in [6.07, 6.45) is 10.7. The van der Waals surface area contributed by atoms with Crippen LogP contribution in [0.1, 0.15) is 79.1 Å². The number of hydrogen-bond acceptors (Lipinski definition) is 3. The van der Waals surface area contributed by atoms with Crippen LogP contribution in [0.3, 0.4) is 0 Å². The van der Waals surface area contributed by atoms with E-state index < -0.39 is 5.97 Å². The van der Waals surface area contributed by atoms with Gasteiger partial charge in [0.05, 0.1) is 5.75 Å². The highest BCUT2D eigenvalue weighted by molar-refractivity contribution is 7.81. The summed E-state index contributed by atoms with van der Waals surface area (Å²) in [6, 6.07) is 0. The third kappa shape index (κ3) is 28.0. The number of carboxylic acids is 1. The molecule has 0 saturated carbocycles. The second-order valence-electron chi connectivity index (χ2n) is 6.65. The van der Waals surface area contributed by atoms with Gasteiger partial charge in [-0.3, -0.25) is 4.79 Å². The SMILES string of the molecule is CC(C)CCCCCOCCCCCC(C)C.O=C(O)CS. The second-order valence-corrected chi connectivity index (χ2v) is 6.97. The summed E-state index contributed by atoms with van der Waals surface area (Å²) in [5.41, 5.74) is 0. The predicted octanol–water partition coefficient (Wildman–Crippen LogP) is 5.44. The maximum atomic E-state index is 9.29. The number of rotatable bonds is 13. The van der Waals surface area contributed by atoms with Crippen molar-refractivity contribution in [3.05, 3.63) is 0 Å². The van der Waals surface area contributed by atoms with Crippen molar-refractivity contribution in [3.63, 3.8) is 0 Å². The molecule has 0 saturated heterocycles. The first-order chi connectivity index (χ1) is 10.4. The van der Waals surface area contributed by atoms with E-state index in [1.54, 1.807) is 0 Å². The Labute approximate surface area is 143 Å². The van der Waals surface area contributed by atoms with Gasteiger partial charge >= 0.3 is 5.97 Å². The van der Waals surface area contributed by atoms with E-state index in [0.29, 0.717) is 0 Å². The lowest BCUT2D eigenvalue weighted by Crippen LogP contribution is -1.98. The van der Waals surface area contributed by atoms with Gasteiger partial charge in [-0.15, -0.1) is 0 Å². The highest BCUT2D eigenvalue weighted by Crippen LogP contribution is 2.09. The summed E-state index contributed by atoms with van der Waals surface area (Å²) in [5.74, 6) is 0.752. The highest BCUT2D eigenvalue weighted by atomic mass is 32.1. The summed E-state index contributed by atoms with van der Waals surface area (Å²) in [5, 5.41) is 7.65. The van der Waals surface area contributed by atoms with Gasteiger partial charge in [-0.1, -0.05) is 66.2 Å². The predicted molar refractivity (Wildman–Crippen MR) is 98.9 cm³/mol. The van der Waals surface area contributed by atoms with Gasteiger partial charge in [0.2, 0.25) is 0 Å². The Bertz CT molecular complexity index is 214. The number of carboxylic acid groups (broad SMARTS) is 1. The molecule has 22 heavy (non-hydrogen) atoms. The number of unbranched alkanes of at least 4 members (excludes halogenated alkanes) is 4. The summed E-state index contributed by atoms with van der Waals surface area (Å²) < 4.78 is 5.65. The molecule has 0 aromatic rings. The lowest BCUT2D eigenvalue weighted by atomic mass is 10.1. The van der Waals surface area contributed by atoms with Crippen molar-refractivity contribution in [2.75, 3.05) is 19.0 Å². The molecule has 0 aliphatic carbocycles. The number of aliphatic carboxylic acids is 1. The molecule has 4 heteroatoms. The maximum Gasteiger partial charge on any atom is 0.313 e. The summed E-state index contributed by atoms with van der Waals surface area (Å²) in [6.45, 7) is 11.1. The molecule has 0 aliphatic rings. The van der Waals surface area contributed by atoms with Crippen LogP contribution in [-0.2, 0) is 9.53 Å².